The van der Waals surface area contributed by atoms with Crippen LogP contribution in [0.1, 0.15) is 29.8 Å². The average molecular weight is 387 g/mol. The molecular formula is C19H19F2N5O2. The maximum Gasteiger partial charge on any atom is 0.256 e. The predicted octanol–water partition coefficient (Wildman–Crippen LogP) is 2.54. The molecule has 0 unspecified atom stereocenters. The van der Waals surface area contributed by atoms with Crippen molar-refractivity contribution in [2.45, 2.75) is 26.4 Å². The molecule has 0 radical (unpaired) electrons. The number of amides is 1. The third-order valence-electron chi connectivity index (χ3n) is 4.58. The lowest BCUT2D eigenvalue weighted by atomic mass is 10.1. The van der Waals surface area contributed by atoms with Crippen molar-refractivity contribution in [3.05, 3.63) is 53.4 Å². The molecule has 2 bridgehead atoms. The van der Waals surface area contributed by atoms with Gasteiger partial charge in [-0.2, -0.15) is 5.10 Å². The molecule has 146 valence electrons. The van der Waals surface area contributed by atoms with Crippen molar-refractivity contribution in [1.29, 1.82) is 0 Å². The number of anilines is 1. The Morgan fingerprint density at radius 1 is 1.29 bits per heavy atom. The summed E-state index contributed by atoms with van der Waals surface area (Å²) in [6.45, 7) is 4.28. The maximum atomic E-state index is 14.4. The number of carbonyl (C=O) groups excluding carboxylic acids is 1. The smallest absolute Gasteiger partial charge is 0.256 e. The molecule has 0 spiro atoms. The van der Waals surface area contributed by atoms with Gasteiger partial charge in [0.25, 0.3) is 5.91 Å². The van der Waals surface area contributed by atoms with Gasteiger partial charge in [0.05, 0.1) is 12.7 Å². The molecule has 3 heterocycles. The van der Waals surface area contributed by atoms with Crippen LogP contribution in [0.2, 0.25) is 0 Å². The fraction of sp³-hybridized carbons (Fsp3) is 0.316. The number of benzene rings is 1. The Hall–Kier alpha value is -3.23. The number of aromatic nitrogens is 3. The molecule has 7 nitrogen and oxygen atoms in total. The molecule has 1 aliphatic heterocycles. The van der Waals surface area contributed by atoms with Crippen LogP contribution in [0.5, 0.6) is 5.75 Å². The zero-order valence-electron chi connectivity index (χ0n) is 15.4. The number of hydrogen-bond acceptors (Lipinski definition) is 5. The SMILES string of the molecule is CC(C)N1Cc2cc(F)cc(F)c2OCCNC(=O)c2cnn3ccc1nc23. The maximum absolute atomic E-state index is 14.4. The van der Waals surface area contributed by atoms with Gasteiger partial charge in [-0.25, -0.2) is 18.3 Å². The lowest BCUT2D eigenvalue weighted by Gasteiger charge is -2.29. The Morgan fingerprint density at radius 2 is 2.11 bits per heavy atom. The number of halogens is 2. The summed E-state index contributed by atoms with van der Waals surface area (Å²) in [5, 5.41) is 6.86. The third-order valence-corrected chi connectivity index (χ3v) is 4.58. The standard InChI is InChI=1S/C19H19F2N5O2/c1-11(2)25-10-12-7-13(20)8-15(21)17(12)28-6-4-22-19(27)14-9-23-26-5-3-16(25)24-18(14)26/h3,5,7-9,11H,4,6,10H2,1-2H3,(H,22,27). The summed E-state index contributed by atoms with van der Waals surface area (Å²) < 4.78 is 35.3. The number of nitrogens with one attached hydrogen (secondary N) is 1. The first-order valence-electron chi connectivity index (χ1n) is 8.94. The number of nitrogens with zero attached hydrogens (tertiary/aromatic N) is 4. The molecule has 1 aliphatic rings. The van der Waals surface area contributed by atoms with Crippen LogP contribution in [0.25, 0.3) is 5.65 Å². The van der Waals surface area contributed by atoms with Crippen LogP contribution in [0.4, 0.5) is 14.6 Å². The highest BCUT2D eigenvalue weighted by molar-refractivity contribution is 5.99. The summed E-state index contributed by atoms with van der Waals surface area (Å²) in [5.41, 5.74) is 1.11. The van der Waals surface area contributed by atoms with Gasteiger partial charge in [0.1, 0.15) is 23.8 Å². The highest BCUT2D eigenvalue weighted by Crippen LogP contribution is 2.28. The molecule has 4 rings (SSSR count). The van der Waals surface area contributed by atoms with Crippen LogP contribution in [-0.4, -0.2) is 39.7 Å². The van der Waals surface area contributed by atoms with E-state index in [1.807, 2.05) is 18.7 Å². The summed E-state index contributed by atoms with van der Waals surface area (Å²) in [4.78, 5) is 18.9. The second-order valence-electron chi connectivity index (χ2n) is 6.81. The summed E-state index contributed by atoms with van der Waals surface area (Å²) in [6.07, 6.45) is 3.15. The molecule has 3 aromatic rings. The minimum Gasteiger partial charge on any atom is -0.488 e. The Bertz CT molecular complexity index is 1050. The fourth-order valence-electron chi connectivity index (χ4n) is 3.20. The van der Waals surface area contributed by atoms with Crippen molar-refractivity contribution in [3.63, 3.8) is 0 Å². The number of fused-ring (bicyclic) bond motifs is 2. The molecule has 0 saturated carbocycles. The van der Waals surface area contributed by atoms with Crippen LogP contribution in [0.3, 0.4) is 0 Å². The molecule has 0 aliphatic carbocycles. The van der Waals surface area contributed by atoms with E-state index in [0.717, 1.165) is 6.07 Å². The van der Waals surface area contributed by atoms with E-state index >= 15 is 0 Å². The minimum absolute atomic E-state index is 0.0235. The third kappa shape index (κ3) is 3.23. The van der Waals surface area contributed by atoms with Crippen molar-refractivity contribution in [1.82, 2.24) is 19.9 Å². The van der Waals surface area contributed by atoms with Crippen molar-refractivity contribution in [3.8, 4) is 5.75 Å². The summed E-state index contributed by atoms with van der Waals surface area (Å²) in [7, 11) is 0. The zero-order valence-corrected chi connectivity index (χ0v) is 15.4. The summed E-state index contributed by atoms with van der Waals surface area (Å²) >= 11 is 0. The van der Waals surface area contributed by atoms with Gasteiger partial charge in [-0.15, -0.1) is 0 Å². The monoisotopic (exact) mass is 387 g/mol. The van der Waals surface area contributed by atoms with Crippen LogP contribution >= 0.6 is 0 Å². The molecule has 0 fully saturated rings. The molecular weight excluding hydrogens is 368 g/mol. The molecule has 1 amide bonds. The lowest BCUT2D eigenvalue weighted by molar-refractivity contribution is 0.0948. The van der Waals surface area contributed by atoms with E-state index in [1.54, 1.807) is 12.3 Å². The summed E-state index contributed by atoms with van der Waals surface area (Å²) in [5.74, 6) is -1.27. The van der Waals surface area contributed by atoms with Crippen molar-refractivity contribution in [2.24, 2.45) is 0 Å². The van der Waals surface area contributed by atoms with Crippen LogP contribution in [-0.2, 0) is 6.54 Å². The Kier molecular flexibility index (Phi) is 4.58. The van der Waals surface area contributed by atoms with Crippen LogP contribution in [0, 0.1) is 11.6 Å². The van der Waals surface area contributed by atoms with E-state index in [-0.39, 0.29) is 37.4 Å². The first-order chi connectivity index (χ1) is 13.4. The normalized spacial score (nSPS) is 14.9. The number of ether oxygens (including phenoxy) is 1. The molecule has 1 aromatic carbocycles. The number of hydrogen-bond donors (Lipinski definition) is 1. The predicted molar refractivity (Wildman–Crippen MR) is 98.5 cm³/mol. The fourth-order valence-corrected chi connectivity index (χ4v) is 3.20. The quantitative estimate of drug-likeness (QED) is 0.695. The highest BCUT2D eigenvalue weighted by Gasteiger charge is 2.22. The first kappa shape index (κ1) is 18.1. The van der Waals surface area contributed by atoms with Gasteiger partial charge in [-0.3, -0.25) is 4.79 Å². The zero-order chi connectivity index (χ0) is 19.8. The Labute approximate surface area is 159 Å². The van der Waals surface area contributed by atoms with Gasteiger partial charge in [0.15, 0.2) is 17.2 Å². The van der Waals surface area contributed by atoms with Crippen LogP contribution < -0.4 is 15.0 Å². The largest absolute Gasteiger partial charge is 0.488 e. The van der Waals surface area contributed by atoms with E-state index in [1.165, 1.54) is 16.8 Å². The first-order valence-corrected chi connectivity index (χ1v) is 8.94. The van der Waals surface area contributed by atoms with Gasteiger partial charge in [-0.1, -0.05) is 0 Å². The number of carbonyl (C=O) groups is 1. The molecule has 28 heavy (non-hydrogen) atoms. The van der Waals surface area contributed by atoms with Crippen molar-refractivity contribution >= 4 is 17.4 Å². The second kappa shape index (κ2) is 7.06. The molecule has 9 heteroatoms. The van der Waals surface area contributed by atoms with Crippen LogP contribution in [0.15, 0.2) is 30.6 Å². The van der Waals surface area contributed by atoms with Gasteiger partial charge in [-0.05, 0) is 26.0 Å². The topological polar surface area (TPSA) is 71.8 Å². The Morgan fingerprint density at radius 3 is 2.89 bits per heavy atom. The van der Waals surface area contributed by atoms with Gasteiger partial charge in [0.2, 0.25) is 0 Å². The van der Waals surface area contributed by atoms with E-state index < -0.39 is 11.6 Å². The second-order valence-corrected chi connectivity index (χ2v) is 6.81. The van der Waals surface area contributed by atoms with E-state index in [0.29, 0.717) is 22.6 Å². The Balaban J connectivity index is 1.87. The average Bonchev–Trinajstić information content (AvgIpc) is 3.06. The van der Waals surface area contributed by atoms with E-state index in [9.17, 15) is 13.6 Å². The molecule has 0 atom stereocenters. The van der Waals surface area contributed by atoms with E-state index in [4.69, 9.17) is 4.74 Å². The van der Waals surface area contributed by atoms with Crippen molar-refractivity contribution < 1.29 is 18.3 Å². The number of rotatable bonds is 1. The van der Waals surface area contributed by atoms with Crippen molar-refractivity contribution in [2.75, 3.05) is 18.1 Å². The van der Waals surface area contributed by atoms with Gasteiger partial charge in [0, 0.05) is 30.4 Å². The molecule has 1 N–H and O–H groups in total. The summed E-state index contributed by atoms with van der Waals surface area (Å²) in [6, 6.07) is 3.77. The van der Waals surface area contributed by atoms with Gasteiger partial charge >= 0.3 is 0 Å². The molecule has 2 aromatic heterocycles. The highest BCUT2D eigenvalue weighted by atomic mass is 19.1. The van der Waals surface area contributed by atoms with E-state index in [2.05, 4.69) is 15.4 Å². The molecule has 0 saturated heterocycles. The minimum atomic E-state index is -0.778. The lowest BCUT2D eigenvalue weighted by Crippen LogP contribution is -2.31. The van der Waals surface area contributed by atoms with Gasteiger partial charge < -0.3 is 15.0 Å².